The molecule has 2 amide bonds. The van der Waals surface area contributed by atoms with Gasteiger partial charge in [0.05, 0.1) is 12.6 Å². The van der Waals surface area contributed by atoms with Gasteiger partial charge >= 0.3 is 0 Å². The highest BCUT2D eigenvalue weighted by molar-refractivity contribution is 6.01. The lowest BCUT2D eigenvalue weighted by Gasteiger charge is -2.29. The Hall–Kier alpha value is -2.86. The van der Waals surface area contributed by atoms with Crippen LogP contribution in [0.5, 0.6) is 5.75 Å². The minimum Gasteiger partial charge on any atom is -0.508 e. The van der Waals surface area contributed by atoms with Crippen molar-refractivity contribution in [3.63, 3.8) is 0 Å². The van der Waals surface area contributed by atoms with E-state index in [2.05, 4.69) is 0 Å². The van der Waals surface area contributed by atoms with Gasteiger partial charge < -0.3 is 20.0 Å². The van der Waals surface area contributed by atoms with Crippen molar-refractivity contribution in [2.75, 3.05) is 13.6 Å². The van der Waals surface area contributed by atoms with Crippen molar-refractivity contribution in [1.29, 1.82) is 0 Å². The first-order valence-corrected chi connectivity index (χ1v) is 8.49. The molecule has 1 aliphatic rings. The van der Waals surface area contributed by atoms with Crippen LogP contribution in [0.25, 0.3) is 0 Å². The Balaban J connectivity index is 1.65. The third kappa shape index (κ3) is 3.41. The van der Waals surface area contributed by atoms with Crippen LogP contribution in [0.15, 0.2) is 48.5 Å². The lowest BCUT2D eigenvalue weighted by Crippen LogP contribution is -2.46. The average molecular weight is 354 g/mol. The number of phenolic OH excluding ortho intramolecular Hbond substituents is 1. The van der Waals surface area contributed by atoms with Crippen molar-refractivity contribution in [3.8, 4) is 5.75 Å². The molecule has 3 rings (SSSR count). The Bertz CT molecular complexity index is 819. The van der Waals surface area contributed by atoms with Crippen LogP contribution in [0.3, 0.4) is 0 Å². The summed E-state index contributed by atoms with van der Waals surface area (Å²) < 4.78 is 0. The molecular formula is C20H22N2O4. The first-order valence-electron chi connectivity index (χ1n) is 8.49. The van der Waals surface area contributed by atoms with Gasteiger partial charge in [0, 0.05) is 19.2 Å². The number of aliphatic hydroxyl groups is 1. The molecule has 2 N–H and O–H groups in total. The Labute approximate surface area is 152 Å². The number of hydrogen-bond acceptors (Lipinski definition) is 4. The van der Waals surface area contributed by atoms with E-state index in [0.717, 1.165) is 5.56 Å². The van der Waals surface area contributed by atoms with Crippen LogP contribution < -0.4 is 0 Å². The van der Waals surface area contributed by atoms with E-state index in [0.29, 0.717) is 17.7 Å². The van der Waals surface area contributed by atoms with E-state index in [4.69, 9.17) is 0 Å². The molecule has 2 aromatic carbocycles. The molecule has 0 aromatic heterocycles. The maximum atomic E-state index is 12.7. The van der Waals surface area contributed by atoms with E-state index in [9.17, 15) is 19.8 Å². The topological polar surface area (TPSA) is 81.1 Å². The molecule has 2 atom stereocenters. The highest BCUT2D eigenvalue weighted by atomic mass is 16.3. The number of carbonyl (C=O) groups is 2. The molecule has 0 spiro atoms. The second kappa shape index (κ2) is 7.17. The maximum Gasteiger partial charge on any atom is 0.255 e. The normalized spacial score (nSPS) is 15.5. The largest absolute Gasteiger partial charge is 0.508 e. The fourth-order valence-corrected chi connectivity index (χ4v) is 3.19. The van der Waals surface area contributed by atoms with Gasteiger partial charge in [-0.15, -0.1) is 0 Å². The zero-order valence-corrected chi connectivity index (χ0v) is 14.8. The van der Waals surface area contributed by atoms with Gasteiger partial charge in [0.25, 0.3) is 5.91 Å². The third-order valence-corrected chi connectivity index (χ3v) is 4.78. The number of aliphatic hydroxyl groups excluding tert-OH is 1. The Morgan fingerprint density at radius 1 is 1.19 bits per heavy atom. The third-order valence-electron chi connectivity index (χ3n) is 4.78. The van der Waals surface area contributed by atoms with Crippen molar-refractivity contribution in [2.45, 2.75) is 25.6 Å². The van der Waals surface area contributed by atoms with Crippen molar-refractivity contribution < 1.29 is 19.8 Å². The van der Waals surface area contributed by atoms with Gasteiger partial charge in [0.2, 0.25) is 5.91 Å². The monoisotopic (exact) mass is 354 g/mol. The molecule has 6 heteroatoms. The molecule has 2 aromatic rings. The van der Waals surface area contributed by atoms with E-state index < -0.39 is 12.1 Å². The van der Waals surface area contributed by atoms with E-state index in [-0.39, 0.29) is 24.1 Å². The smallest absolute Gasteiger partial charge is 0.255 e. The van der Waals surface area contributed by atoms with Crippen LogP contribution in [-0.4, -0.2) is 51.5 Å². The maximum absolute atomic E-state index is 12.7. The second-order valence-electron chi connectivity index (χ2n) is 6.59. The molecule has 1 heterocycles. The zero-order valence-electron chi connectivity index (χ0n) is 14.8. The van der Waals surface area contributed by atoms with E-state index >= 15 is 0 Å². The van der Waals surface area contributed by atoms with Gasteiger partial charge in [-0.1, -0.05) is 30.3 Å². The minimum atomic E-state index is -0.872. The molecule has 6 nitrogen and oxygen atoms in total. The van der Waals surface area contributed by atoms with Gasteiger partial charge in [-0.05, 0) is 36.2 Å². The van der Waals surface area contributed by atoms with E-state index in [1.54, 1.807) is 37.1 Å². The first kappa shape index (κ1) is 17.9. The highest BCUT2D eigenvalue weighted by Gasteiger charge is 2.34. The first-order chi connectivity index (χ1) is 12.4. The molecule has 0 saturated carbocycles. The molecule has 0 bridgehead atoms. The van der Waals surface area contributed by atoms with Gasteiger partial charge in [0.15, 0.2) is 0 Å². The second-order valence-corrected chi connectivity index (χ2v) is 6.59. The molecule has 0 saturated heterocycles. The van der Waals surface area contributed by atoms with Gasteiger partial charge in [0.1, 0.15) is 11.8 Å². The van der Waals surface area contributed by atoms with Crippen molar-refractivity contribution in [1.82, 2.24) is 9.80 Å². The molecule has 26 heavy (non-hydrogen) atoms. The van der Waals surface area contributed by atoms with E-state index in [1.807, 2.05) is 18.2 Å². The number of rotatable bonds is 5. The molecule has 0 fully saturated rings. The fourth-order valence-electron chi connectivity index (χ4n) is 3.19. The number of amides is 2. The van der Waals surface area contributed by atoms with Crippen LogP contribution >= 0.6 is 0 Å². The zero-order chi connectivity index (χ0) is 18.8. The quantitative estimate of drug-likeness (QED) is 0.860. The number of likely N-dealkylation sites (N-methyl/N-ethyl adjacent to an activating group) is 1. The summed E-state index contributed by atoms with van der Waals surface area (Å²) in [5.74, 6) is -0.260. The highest BCUT2D eigenvalue weighted by Crippen LogP contribution is 2.25. The molecular weight excluding hydrogens is 332 g/mol. The molecule has 136 valence electrons. The number of phenols is 1. The number of benzene rings is 2. The Morgan fingerprint density at radius 3 is 2.50 bits per heavy atom. The van der Waals surface area contributed by atoms with Crippen LogP contribution in [0.4, 0.5) is 0 Å². The SMILES string of the molecule is C[C@@H](C(=O)N(C)CC(O)c1ccc(O)cc1)N1Cc2ccccc2C1=O. The number of hydrogen-bond donors (Lipinski definition) is 2. The molecule has 0 aliphatic carbocycles. The van der Waals surface area contributed by atoms with Gasteiger partial charge in [-0.3, -0.25) is 9.59 Å². The summed E-state index contributed by atoms with van der Waals surface area (Å²) in [4.78, 5) is 28.2. The predicted octanol–water partition coefficient (Wildman–Crippen LogP) is 1.93. The lowest BCUT2D eigenvalue weighted by molar-refractivity contribution is -0.135. The number of aromatic hydroxyl groups is 1. The van der Waals surface area contributed by atoms with E-state index in [1.165, 1.54) is 17.0 Å². The predicted molar refractivity (Wildman–Crippen MR) is 96.5 cm³/mol. The summed E-state index contributed by atoms with van der Waals surface area (Å²) in [5.41, 5.74) is 2.17. The molecule has 1 aliphatic heterocycles. The average Bonchev–Trinajstić information content (AvgIpc) is 2.98. The van der Waals surface area contributed by atoms with Crippen LogP contribution in [0.2, 0.25) is 0 Å². The van der Waals surface area contributed by atoms with Gasteiger partial charge in [-0.25, -0.2) is 0 Å². The molecule has 0 radical (unpaired) electrons. The summed E-state index contributed by atoms with van der Waals surface area (Å²) in [7, 11) is 1.61. The number of carbonyl (C=O) groups excluding carboxylic acids is 2. The summed E-state index contributed by atoms with van der Waals surface area (Å²) in [6.07, 6.45) is -0.872. The van der Waals surface area contributed by atoms with Crippen LogP contribution in [0.1, 0.15) is 34.5 Å². The lowest BCUT2D eigenvalue weighted by atomic mass is 10.1. The van der Waals surface area contributed by atoms with Crippen LogP contribution in [-0.2, 0) is 11.3 Å². The van der Waals surface area contributed by atoms with Crippen molar-refractivity contribution in [3.05, 3.63) is 65.2 Å². The summed E-state index contributed by atoms with van der Waals surface area (Å²) in [6, 6.07) is 12.9. The standard InChI is InChI=1S/C20H22N2O4/c1-13(22-11-15-5-3-4-6-17(15)20(22)26)19(25)21(2)12-18(24)14-7-9-16(23)10-8-14/h3-10,13,18,23-24H,11-12H2,1-2H3/t13-,18?/m0/s1. The molecule has 1 unspecified atom stereocenters. The van der Waals surface area contributed by atoms with Crippen LogP contribution in [0, 0.1) is 0 Å². The van der Waals surface area contributed by atoms with Crippen molar-refractivity contribution in [2.24, 2.45) is 0 Å². The minimum absolute atomic E-state index is 0.100. The Morgan fingerprint density at radius 2 is 1.85 bits per heavy atom. The summed E-state index contributed by atoms with van der Waals surface area (Å²) >= 11 is 0. The van der Waals surface area contributed by atoms with Crippen molar-refractivity contribution >= 4 is 11.8 Å². The summed E-state index contributed by atoms with van der Waals surface area (Å²) in [5, 5.41) is 19.6. The number of nitrogens with zero attached hydrogens (tertiary/aromatic N) is 2. The number of fused-ring (bicyclic) bond motifs is 1. The fraction of sp³-hybridized carbons (Fsp3) is 0.300. The van der Waals surface area contributed by atoms with Gasteiger partial charge in [-0.2, -0.15) is 0 Å². The Kier molecular flexibility index (Phi) is 4.95. The summed E-state index contributed by atoms with van der Waals surface area (Å²) in [6.45, 7) is 2.22.